The van der Waals surface area contributed by atoms with E-state index in [1.54, 1.807) is 6.20 Å². The molecule has 1 aromatic rings. The number of likely N-dealkylation sites (tertiary alicyclic amines) is 1. The van der Waals surface area contributed by atoms with Gasteiger partial charge in [0.1, 0.15) is 0 Å². The molecular formula is C18H29BrN4O2S. The number of nitrogens with zero attached hydrogens (tertiary/aromatic N) is 3. The molecule has 2 aliphatic heterocycles. The Balaban J connectivity index is 0.00000210. The molecule has 0 spiro atoms. The van der Waals surface area contributed by atoms with Crippen molar-refractivity contribution >= 4 is 37.5 Å². The van der Waals surface area contributed by atoms with Crippen LogP contribution in [0.1, 0.15) is 46.4 Å². The van der Waals surface area contributed by atoms with Crippen molar-refractivity contribution in [2.45, 2.75) is 56.2 Å². The highest BCUT2D eigenvalue weighted by Gasteiger charge is 2.36. The second kappa shape index (κ2) is 7.64. The van der Waals surface area contributed by atoms with Crippen molar-refractivity contribution in [1.29, 1.82) is 0 Å². The molecule has 3 fully saturated rings. The van der Waals surface area contributed by atoms with Gasteiger partial charge in [-0.15, -0.1) is 0 Å². The normalized spacial score (nSPS) is 23.2. The number of hydrogen-bond donors (Lipinski definition) is 1. The second-order valence-corrected chi connectivity index (χ2v) is 10.6. The van der Waals surface area contributed by atoms with E-state index in [0.29, 0.717) is 11.7 Å². The van der Waals surface area contributed by atoms with E-state index in [0.717, 1.165) is 49.1 Å². The first kappa shape index (κ1) is 18.5. The molecule has 6 nitrogen and oxygen atoms in total. The van der Waals surface area contributed by atoms with Gasteiger partial charge in [0.25, 0.3) is 0 Å². The highest BCUT2D eigenvalue weighted by molar-refractivity contribution is 9.10. The molecule has 2 saturated heterocycles. The zero-order valence-electron chi connectivity index (χ0n) is 15.0. The van der Waals surface area contributed by atoms with Crippen molar-refractivity contribution in [3.63, 3.8) is 0 Å². The van der Waals surface area contributed by atoms with Gasteiger partial charge in [0, 0.05) is 31.2 Å². The monoisotopic (exact) mass is 444 g/mol. The van der Waals surface area contributed by atoms with Gasteiger partial charge in [-0.2, -0.15) is 0 Å². The smallest absolute Gasteiger partial charge is 0.235 e. The van der Waals surface area contributed by atoms with Crippen LogP contribution in [0.3, 0.4) is 0 Å². The quantitative estimate of drug-likeness (QED) is 0.752. The third-order valence-electron chi connectivity index (χ3n) is 5.72. The molecule has 26 heavy (non-hydrogen) atoms. The Kier molecular flexibility index (Phi) is 5.43. The van der Waals surface area contributed by atoms with Crippen LogP contribution in [0.15, 0.2) is 16.7 Å². The van der Waals surface area contributed by atoms with Crippen molar-refractivity contribution < 1.29 is 9.84 Å². The van der Waals surface area contributed by atoms with Gasteiger partial charge in [0.15, 0.2) is 5.82 Å². The minimum atomic E-state index is -3.29. The van der Waals surface area contributed by atoms with Crippen LogP contribution in [0, 0.1) is 0 Å². The lowest BCUT2D eigenvalue weighted by atomic mass is 10.00. The maximum atomic E-state index is 12.4. The topological polar surface area (TPSA) is 65.5 Å². The maximum Gasteiger partial charge on any atom is 0.235 e. The minimum absolute atomic E-state index is 0. The van der Waals surface area contributed by atoms with E-state index in [1.165, 1.54) is 32.4 Å². The lowest BCUT2D eigenvalue weighted by Crippen LogP contribution is -2.47. The minimum Gasteiger partial charge on any atom is -0.355 e. The molecule has 0 aromatic carbocycles. The first-order valence-electron chi connectivity index (χ1n) is 9.69. The molecule has 3 heterocycles. The fraction of sp³-hybridized carbons (Fsp3) is 0.722. The van der Waals surface area contributed by atoms with Gasteiger partial charge in [-0.25, -0.2) is 13.4 Å². The molecule has 0 radical (unpaired) electrons. The van der Waals surface area contributed by atoms with E-state index in [-0.39, 0.29) is 6.68 Å². The van der Waals surface area contributed by atoms with Crippen LogP contribution in [0.25, 0.3) is 0 Å². The predicted molar refractivity (Wildman–Crippen MR) is 110 cm³/mol. The van der Waals surface area contributed by atoms with Crippen LogP contribution in [0.5, 0.6) is 0 Å². The third-order valence-corrected chi connectivity index (χ3v) is 8.01. The summed E-state index contributed by atoms with van der Waals surface area (Å²) in [6.07, 6.45) is 9.51. The number of pyridine rings is 1. The summed E-state index contributed by atoms with van der Waals surface area (Å²) in [5.74, 6) is 0.759. The molecule has 0 bridgehead atoms. The van der Waals surface area contributed by atoms with E-state index in [4.69, 9.17) is 0 Å². The molecule has 1 N–H and O–H groups in total. The first-order valence-corrected chi connectivity index (χ1v) is 12.0. The Morgan fingerprint density at radius 2 is 1.77 bits per heavy atom. The molecule has 0 unspecified atom stereocenters. The van der Waals surface area contributed by atoms with Crippen molar-refractivity contribution in [3.05, 3.63) is 16.7 Å². The van der Waals surface area contributed by atoms with Gasteiger partial charge in [-0.3, -0.25) is 4.72 Å². The van der Waals surface area contributed by atoms with Crippen LogP contribution in [-0.4, -0.2) is 55.8 Å². The van der Waals surface area contributed by atoms with E-state index in [9.17, 15) is 8.42 Å². The first-order chi connectivity index (χ1) is 12.5. The van der Waals surface area contributed by atoms with Crippen LogP contribution >= 0.6 is 15.9 Å². The van der Waals surface area contributed by atoms with E-state index < -0.39 is 10.0 Å². The van der Waals surface area contributed by atoms with E-state index in [1.807, 2.05) is 6.07 Å². The SMILES string of the molecule is O=S(=O)(Nc1cc(Br)cnc1N1CCC(N2CCCCC2)CC1)C1CC1.[HH]. The zero-order valence-corrected chi connectivity index (χ0v) is 17.4. The van der Waals surface area contributed by atoms with Crippen LogP contribution in [0.2, 0.25) is 0 Å². The number of piperidine rings is 2. The van der Waals surface area contributed by atoms with Crippen molar-refractivity contribution in [2.75, 3.05) is 35.8 Å². The molecule has 1 saturated carbocycles. The second-order valence-electron chi connectivity index (χ2n) is 7.69. The summed E-state index contributed by atoms with van der Waals surface area (Å²) in [5.41, 5.74) is 0.600. The molecule has 1 aliphatic carbocycles. The molecular weight excluding hydrogens is 416 g/mol. The van der Waals surface area contributed by atoms with Gasteiger partial charge in [-0.05, 0) is 73.6 Å². The number of rotatable bonds is 5. The number of aromatic nitrogens is 1. The molecule has 3 aliphatic rings. The molecule has 146 valence electrons. The number of halogens is 1. The highest BCUT2D eigenvalue weighted by Crippen LogP contribution is 2.34. The number of sulfonamides is 1. The van der Waals surface area contributed by atoms with Crippen LogP contribution in [0.4, 0.5) is 11.5 Å². The summed E-state index contributed by atoms with van der Waals surface area (Å²) in [4.78, 5) is 9.42. The third kappa shape index (κ3) is 4.17. The van der Waals surface area contributed by atoms with Crippen molar-refractivity contribution in [1.82, 2.24) is 9.88 Å². The van der Waals surface area contributed by atoms with Gasteiger partial charge < -0.3 is 9.80 Å². The van der Waals surface area contributed by atoms with Gasteiger partial charge in [0.2, 0.25) is 10.0 Å². The summed E-state index contributed by atoms with van der Waals surface area (Å²) in [6, 6.07) is 2.49. The highest BCUT2D eigenvalue weighted by atomic mass is 79.9. The lowest BCUT2D eigenvalue weighted by molar-refractivity contribution is 0.141. The molecule has 4 rings (SSSR count). The van der Waals surface area contributed by atoms with Crippen molar-refractivity contribution in [2.24, 2.45) is 0 Å². The van der Waals surface area contributed by atoms with E-state index in [2.05, 4.69) is 35.4 Å². The largest absolute Gasteiger partial charge is 0.355 e. The van der Waals surface area contributed by atoms with Crippen LogP contribution < -0.4 is 9.62 Å². The fourth-order valence-corrected chi connectivity index (χ4v) is 5.81. The van der Waals surface area contributed by atoms with Gasteiger partial charge in [0.05, 0.1) is 10.9 Å². The number of anilines is 2. The Hall–Kier alpha value is -0.860. The van der Waals surface area contributed by atoms with E-state index >= 15 is 0 Å². The predicted octanol–water partition coefficient (Wildman–Crippen LogP) is 3.45. The lowest BCUT2D eigenvalue weighted by Gasteiger charge is -2.40. The molecule has 1 aromatic heterocycles. The number of nitrogens with one attached hydrogen (secondary N) is 1. The average Bonchev–Trinajstić information content (AvgIpc) is 3.48. The Morgan fingerprint density at radius 1 is 1.08 bits per heavy atom. The number of hydrogen-bond acceptors (Lipinski definition) is 5. The zero-order chi connectivity index (χ0) is 18.1. The summed E-state index contributed by atoms with van der Waals surface area (Å²) in [7, 11) is -3.29. The van der Waals surface area contributed by atoms with Crippen molar-refractivity contribution in [3.8, 4) is 0 Å². The Bertz CT molecular complexity index is 746. The average molecular weight is 445 g/mol. The van der Waals surface area contributed by atoms with Crippen LogP contribution in [-0.2, 0) is 10.0 Å². The Labute approximate surface area is 166 Å². The summed E-state index contributed by atoms with van der Waals surface area (Å²) >= 11 is 3.42. The molecule has 8 heteroatoms. The molecule has 0 atom stereocenters. The Morgan fingerprint density at radius 3 is 2.42 bits per heavy atom. The maximum absolute atomic E-state index is 12.4. The fourth-order valence-electron chi connectivity index (χ4n) is 4.10. The summed E-state index contributed by atoms with van der Waals surface area (Å²) in [5, 5.41) is -0.237. The summed E-state index contributed by atoms with van der Waals surface area (Å²) < 4.78 is 28.4. The molecule has 0 amide bonds. The standard InChI is InChI=1S/C18H27BrN4O2S.H2/c19-14-12-17(21-26(24,25)16-4-5-16)18(20-13-14)23-10-6-15(7-11-23)22-8-2-1-3-9-22;/h12-13,15-16,21H,1-11H2;1H. The summed E-state index contributed by atoms with van der Waals surface area (Å²) in [6.45, 7) is 4.31. The van der Waals surface area contributed by atoms with Gasteiger partial charge >= 0.3 is 0 Å². The van der Waals surface area contributed by atoms with Gasteiger partial charge in [-0.1, -0.05) is 6.42 Å².